The maximum atomic E-state index is 11.4. The van der Waals surface area contributed by atoms with Gasteiger partial charge in [-0.2, -0.15) is 0 Å². The Bertz CT molecular complexity index is 408. The molecular formula is C10H11Cl2NO3S. The highest BCUT2D eigenvalue weighted by atomic mass is 35.5. The molecule has 0 bridgehead atoms. The first kappa shape index (κ1) is 14.4. The average Bonchev–Trinajstić information content (AvgIpc) is 2.24. The van der Waals surface area contributed by atoms with Crippen LogP contribution in [0.2, 0.25) is 0 Å². The number of nitrogens with zero attached hydrogens (tertiary/aromatic N) is 1. The highest BCUT2D eigenvalue weighted by Crippen LogP contribution is 2.40. The first-order valence-electron chi connectivity index (χ1n) is 4.77. The Hall–Kier alpha value is -0.650. The smallest absolute Gasteiger partial charge is 0.352 e. The summed E-state index contributed by atoms with van der Waals surface area (Å²) < 4.78 is 0. The van der Waals surface area contributed by atoms with Crippen molar-refractivity contribution in [1.29, 1.82) is 0 Å². The van der Waals surface area contributed by atoms with Crippen LogP contribution in [0.4, 0.5) is 0 Å². The second-order valence-corrected chi connectivity index (χ2v) is 4.94. The number of hydrogen-bond acceptors (Lipinski definition) is 3. The van der Waals surface area contributed by atoms with Gasteiger partial charge in [-0.25, -0.2) is 4.79 Å². The van der Waals surface area contributed by atoms with Crippen LogP contribution >= 0.6 is 35.8 Å². The molecule has 1 atom stereocenters. The fourth-order valence-corrected chi connectivity index (χ4v) is 3.08. The van der Waals surface area contributed by atoms with E-state index < -0.39 is 5.97 Å². The van der Waals surface area contributed by atoms with Crippen molar-refractivity contribution in [2.45, 2.75) is 11.8 Å². The van der Waals surface area contributed by atoms with Gasteiger partial charge in [0, 0.05) is 11.6 Å². The van der Waals surface area contributed by atoms with Gasteiger partial charge >= 0.3 is 5.97 Å². The molecule has 7 heteroatoms. The summed E-state index contributed by atoms with van der Waals surface area (Å²) >= 11 is 7.10. The molecule has 1 N–H and O–H groups in total. The van der Waals surface area contributed by atoms with E-state index in [2.05, 4.69) is 0 Å². The number of alkyl halides is 1. The number of halogens is 2. The molecule has 2 aliphatic heterocycles. The Labute approximate surface area is 114 Å². The van der Waals surface area contributed by atoms with Gasteiger partial charge in [0.1, 0.15) is 5.70 Å². The van der Waals surface area contributed by atoms with Crippen LogP contribution in [-0.4, -0.2) is 38.9 Å². The zero-order valence-electron chi connectivity index (χ0n) is 8.76. The van der Waals surface area contributed by atoms with E-state index in [1.54, 1.807) is 23.9 Å². The third-order valence-electron chi connectivity index (χ3n) is 2.49. The first-order chi connectivity index (χ1) is 7.65. The van der Waals surface area contributed by atoms with Crippen LogP contribution in [0.5, 0.6) is 0 Å². The van der Waals surface area contributed by atoms with Gasteiger partial charge < -0.3 is 5.11 Å². The lowest BCUT2D eigenvalue weighted by atomic mass is 10.1. The van der Waals surface area contributed by atoms with Crippen molar-refractivity contribution in [3.05, 3.63) is 23.4 Å². The molecule has 1 fully saturated rings. The van der Waals surface area contributed by atoms with Crippen molar-refractivity contribution in [3.8, 4) is 0 Å². The van der Waals surface area contributed by atoms with Crippen LogP contribution in [0, 0.1) is 0 Å². The standard InChI is InChI=1S/C10H10ClNO3S.ClH/c11-3-1-2-6-5-16-8-4-7(13)12(8)9(6)10(14)15;/h1-2,8H,3-5H2,(H,14,15);1H/b2-1-;. The van der Waals surface area contributed by atoms with E-state index in [0.29, 0.717) is 23.6 Å². The van der Waals surface area contributed by atoms with Crippen LogP contribution in [-0.2, 0) is 9.59 Å². The van der Waals surface area contributed by atoms with Crippen molar-refractivity contribution in [2.24, 2.45) is 0 Å². The summed E-state index contributed by atoms with van der Waals surface area (Å²) in [5.41, 5.74) is 0.767. The van der Waals surface area contributed by atoms with E-state index in [0.717, 1.165) is 0 Å². The quantitative estimate of drug-likeness (QED) is 0.638. The van der Waals surface area contributed by atoms with Gasteiger partial charge in [-0.1, -0.05) is 12.2 Å². The van der Waals surface area contributed by atoms with Gasteiger partial charge in [-0.3, -0.25) is 9.69 Å². The number of fused-ring (bicyclic) bond motifs is 1. The van der Waals surface area contributed by atoms with Crippen LogP contribution < -0.4 is 0 Å². The molecule has 17 heavy (non-hydrogen) atoms. The highest BCUT2D eigenvalue weighted by Gasteiger charge is 2.44. The summed E-state index contributed by atoms with van der Waals surface area (Å²) in [6.07, 6.45) is 3.81. The minimum absolute atomic E-state index is 0. The van der Waals surface area contributed by atoms with E-state index in [4.69, 9.17) is 16.7 Å². The molecular weight excluding hydrogens is 285 g/mol. The fourth-order valence-electron chi connectivity index (χ4n) is 1.75. The predicted octanol–water partition coefficient (Wildman–Crippen LogP) is 1.85. The second-order valence-electron chi connectivity index (χ2n) is 3.47. The Morgan fingerprint density at radius 1 is 1.65 bits per heavy atom. The van der Waals surface area contributed by atoms with E-state index in [9.17, 15) is 9.59 Å². The number of rotatable bonds is 3. The van der Waals surface area contributed by atoms with Crippen molar-refractivity contribution in [3.63, 3.8) is 0 Å². The Morgan fingerprint density at radius 2 is 2.35 bits per heavy atom. The van der Waals surface area contributed by atoms with Gasteiger partial charge in [-0.05, 0) is 5.57 Å². The summed E-state index contributed by atoms with van der Waals surface area (Å²) in [6.45, 7) is 0. The second kappa shape index (κ2) is 5.80. The van der Waals surface area contributed by atoms with Crippen molar-refractivity contribution >= 4 is 47.6 Å². The van der Waals surface area contributed by atoms with Gasteiger partial charge in [0.15, 0.2) is 0 Å². The van der Waals surface area contributed by atoms with Crippen LogP contribution in [0.25, 0.3) is 0 Å². The fraction of sp³-hybridized carbons (Fsp3) is 0.400. The Kier molecular flexibility index (Phi) is 4.91. The molecule has 94 valence electrons. The Morgan fingerprint density at radius 3 is 2.88 bits per heavy atom. The molecule has 2 rings (SSSR count). The lowest BCUT2D eigenvalue weighted by Crippen LogP contribution is -2.53. The zero-order valence-corrected chi connectivity index (χ0v) is 11.1. The number of allylic oxidation sites excluding steroid dienone is 2. The number of aliphatic carboxylic acids is 1. The van der Waals surface area contributed by atoms with Crippen LogP contribution in [0.3, 0.4) is 0 Å². The normalized spacial score (nSPS) is 23.2. The number of hydrogen-bond donors (Lipinski definition) is 1. The SMILES string of the molecule is Cl.O=C(O)C1=C(/C=C\CCl)CSC2CC(=O)N12. The highest BCUT2D eigenvalue weighted by molar-refractivity contribution is 8.00. The van der Waals surface area contributed by atoms with Crippen LogP contribution in [0.15, 0.2) is 23.4 Å². The van der Waals surface area contributed by atoms with E-state index in [-0.39, 0.29) is 29.4 Å². The summed E-state index contributed by atoms with van der Waals surface area (Å²) in [5, 5.41) is 9.13. The average molecular weight is 296 g/mol. The van der Waals surface area contributed by atoms with Crippen LogP contribution in [0.1, 0.15) is 6.42 Å². The van der Waals surface area contributed by atoms with E-state index in [1.165, 1.54) is 4.90 Å². The molecule has 0 aromatic carbocycles. The molecule has 0 spiro atoms. The minimum Gasteiger partial charge on any atom is -0.477 e. The molecule has 0 aromatic heterocycles. The summed E-state index contributed by atoms with van der Waals surface area (Å²) in [6, 6.07) is 0. The van der Waals surface area contributed by atoms with Gasteiger partial charge in [0.05, 0.1) is 11.8 Å². The number of thioether (sulfide) groups is 1. The molecule has 0 saturated carbocycles. The molecule has 1 amide bonds. The largest absolute Gasteiger partial charge is 0.477 e. The number of carbonyl (C=O) groups is 2. The van der Waals surface area contributed by atoms with Gasteiger partial charge in [-0.15, -0.1) is 35.8 Å². The Balaban J connectivity index is 0.00000144. The zero-order chi connectivity index (χ0) is 11.7. The number of carbonyl (C=O) groups excluding carboxylic acids is 1. The third kappa shape index (κ3) is 2.61. The number of carboxylic acid groups (broad SMARTS) is 1. The number of β-lactam (4-membered cyclic amide) rings is 1. The molecule has 2 aliphatic rings. The lowest BCUT2D eigenvalue weighted by molar-refractivity contribution is -0.146. The van der Waals surface area contributed by atoms with E-state index >= 15 is 0 Å². The molecule has 0 radical (unpaired) electrons. The lowest BCUT2D eigenvalue weighted by Gasteiger charge is -2.43. The maximum absolute atomic E-state index is 11.4. The summed E-state index contributed by atoms with van der Waals surface area (Å²) in [4.78, 5) is 23.9. The van der Waals surface area contributed by atoms with Gasteiger partial charge in [0.2, 0.25) is 5.91 Å². The molecule has 1 unspecified atom stereocenters. The molecule has 0 aromatic rings. The summed E-state index contributed by atoms with van der Waals surface area (Å²) in [7, 11) is 0. The number of amides is 1. The monoisotopic (exact) mass is 295 g/mol. The number of carboxylic acids is 1. The minimum atomic E-state index is -1.05. The summed E-state index contributed by atoms with van der Waals surface area (Å²) in [5.74, 6) is -0.221. The van der Waals surface area contributed by atoms with E-state index in [1.807, 2.05) is 0 Å². The molecule has 4 nitrogen and oxygen atoms in total. The molecule has 2 heterocycles. The van der Waals surface area contributed by atoms with Crippen molar-refractivity contribution in [2.75, 3.05) is 11.6 Å². The van der Waals surface area contributed by atoms with Crippen molar-refractivity contribution < 1.29 is 14.7 Å². The predicted molar refractivity (Wildman–Crippen MR) is 69.5 cm³/mol. The maximum Gasteiger partial charge on any atom is 0.352 e. The molecule has 1 saturated heterocycles. The van der Waals surface area contributed by atoms with Gasteiger partial charge in [0.25, 0.3) is 0 Å². The van der Waals surface area contributed by atoms with Crippen molar-refractivity contribution in [1.82, 2.24) is 4.90 Å². The first-order valence-corrected chi connectivity index (χ1v) is 6.36. The third-order valence-corrected chi connectivity index (χ3v) is 3.91. The molecule has 0 aliphatic carbocycles. The topological polar surface area (TPSA) is 57.6 Å².